The fourth-order valence-corrected chi connectivity index (χ4v) is 6.74. The molecule has 0 heterocycles. The number of benzene rings is 5. The van der Waals surface area contributed by atoms with E-state index in [0.717, 1.165) is 17.1 Å². The molecule has 186 valence electrons. The lowest BCUT2D eigenvalue weighted by Gasteiger charge is -2.29. The quantitative estimate of drug-likeness (QED) is 0.254. The second kappa shape index (κ2) is 7.85. The Balaban J connectivity index is 1.41. The van der Waals surface area contributed by atoms with Gasteiger partial charge in [0.05, 0.1) is 0 Å². The Morgan fingerprint density at radius 1 is 0.447 bits per heavy atom. The maximum Gasteiger partial charge on any atom is 0.0465 e. The first-order chi connectivity index (χ1) is 18.3. The van der Waals surface area contributed by atoms with E-state index in [1.54, 1.807) is 0 Å². The zero-order chi connectivity index (χ0) is 26.2. The lowest BCUT2D eigenvalue weighted by Crippen LogP contribution is -2.18. The molecule has 0 aliphatic heterocycles. The van der Waals surface area contributed by atoms with Crippen LogP contribution < -0.4 is 10.6 Å². The average molecular weight is 493 g/mol. The monoisotopic (exact) mass is 492 g/mol. The molecule has 0 bridgehead atoms. The average Bonchev–Trinajstić information content (AvgIpc) is 3.29. The Kier molecular flexibility index (Phi) is 4.72. The zero-order valence-corrected chi connectivity index (χ0v) is 22.4. The van der Waals surface area contributed by atoms with Crippen LogP contribution in [0.4, 0.5) is 22.7 Å². The molecule has 38 heavy (non-hydrogen) atoms. The third kappa shape index (κ3) is 3.13. The lowest BCUT2D eigenvalue weighted by atomic mass is 9.82. The normalized spacial score (nSPS) is 15.4. The van der Waals surface area contributed by atoms with Gasteiger partial charge in [0.15, 0.2) is 0 Å². The van der Waals surface area contributed by atoms with Gasteiger partial charge in [0.25, 0.3) is 0 Å². The molecule has 0 amide bonds. The molecular formula is C36H32N2. The molecule has 2 N–H and O–H groups in total. The molecule has 0 fully saturated rings. The van der Waals surface area contributed by atoms with Crippen molar-refractivity contribution in [1.82, 2.24) is 0 Å². The third-order valence-electron chi connectivity index (χ3n) is 8.78. The molecule has 0 radical (unpaired) electrons. The van der Waals surface area contributed by atoms with Gasteiger partial charge in [0.1, 0.15) is 0 Å². The molecule has 2 nitrogen and oxygen atoms in total. The highest BCUT2D eigenvalue weighted by Gasteiger charge is 2.37. The SMILES string of the molecule is CC1(C)c2ccccc2-c2ccc(N(c3ccccc3)c3ccc4c(c3)C(C)(C)c3cc(N)ccc3-4)cc21. The Morgan fingerprint density at radius 2 is 0.921 bits per heavy atom. The van der Waals surface area contributed by atoms with Crippen LogP contribution in [-0.2, 0) is 10.8 Å². The number of para-hydroxylation sites is 1. The molecule has 5 aromatic carbocycles. The van der Waals surface area contributed by atoms with E-state index in [1.165, 1.54) is 50.2 Å². The first kappa shape index (κ1) is 22.9. The summed E-state index contributed by atoms with van der Waals surface area (Å²) in [6.07, 6.45) is 0. The van der Waals surface area contributed by atoms with Crippen molar-refractivity contribution in [2.24, 2.45) is 0 Å². The molecule has 0 saturated carbocycles. The standard InChI is InChI=1S/C36H32N2/c1-35(2)31-13-9-8-12-27(31)29-18-15-25(21-33(29)35)38(24-10-6-5-7-11-24)26-16-19-30-28-17-14-23(37)20-32(28)36(3,4)34(30)22-26/h5-22H,37H2,1-4H3. The first-order valence-electron chi connectivity index (χ1n) is 13.4. The van der Waals surface area contributed by atoms with Crippen molar-refractivity contribution in [1.29, 1.82) is 0 Å². The fraction of sp³-hybridized carbons (Fsp3) is 0.167. The second-order valence-electron chi connectivity index (χ2n) is 11.7. The van der Waals surface area contributed by atoms with Crippen molar-refractivity contribution in [3.8, 4) is 22.3 Å². The molecule has 0 unspecified atom stereocenters. The number of nitrogen functional groups attached to an aromatic ring is 1. The molecule has 0 saturated heterocycles. The number of nitrogens with zero attached hydrogens (tertiary/aromatic N) is 1. The fourth-order valence-electron chi connectivity index (χ4n) is 6.74. The minimum absolute atomic E-state index is 0.0498. The van der Waals surface area contributed by atoms with Gasteiger partial charge in [-0.15, -0.1) is 0 Å². The smallest absolute Gasteiger partial charge is 0.0465 e. The molecule has 2 aliphatic carbocycles. The van der Waals surface area contributed by atoms with Crippen molar-refractivity contribution in [2.75, 3.05) is 10.6 Å². The second-order valence-corrected chi connectivity index (χ2v) is 11.7. The maximum absolute atomic E-state index is 6.21. The van der Waals surface area contributed by atoms with Crippen molar-refractivity contribution in [3.05, 3.63) is 131 Å². The van der Waals surface area contributed by atoms with Crippen LogP contribution in [0.15, 0.2) is 109 Å². The van der Waals surface area contributed by atoms with Crippen molar-refractivity contribution < 1.29 is 0 Å². The van der Waals surface area contributed by atoms with E-state index in [0.29, 0.717) is 0 Å². The minimum Gasteiger partial charge on any atom is -0.399 e. The van der Waals surface area contributed by atoms with Crippen LogP contribution in [0, 0.1) is 0 Å². The Hall–Kier alpha value is -4.30. The van der Waals surface area contributed by atoms with Crippen LogP contribution in [0.3, 0.4) is 0 Å². The molecule has 0 atom stereocenters. The third-order valence-corrected chi connectivity index (χ3v) is 8.78. The zero-order valence-electron chi connectivity index (χ0n) is 22.4. The van der Waals surface area contributed by atoms with E-state index in [-0.39, 0.29) is 10.8 Å². The van der Waals surface area contributed by atoms with Gasteiger partial charge in [-0.1, -0.05) is 88.4 Å². The highest BCUT2D eigenvalue weighted by atomic mass is 15.1. The van der Waals surface area contributed by atoms with Gasteiger partial charge in [-0.25, -0.2) is 0 Å². The summed E-state index contributed by atoms with van der Waals surface area (Å²) in [5.41, 5.74) is 21.0. The van der Waals surface area contributed by atoms with E-state index < -0.39 is 0 Å². The predicted molar refractivity (Wildman–Crippen MR) is 161 cm³/mol. The van der Waals surface area contributed by atoms with Crippen molar-refractivity contribution >= 4 is 22.7 Å². The number of nitrogens with two attached hydrogens (primary N) is 1. The van der Waals surface area contributed by atoms with Crippen molar-refractivity contribution in [2.45, 2.75) is 38.5 Å². The molecule has 0 aromatic heterocycles. The highest BCUT2D eigenvalue weighted by Crippen LogP contribution is 2.53. The summed E-state index contributed by atoms with van der Waals surface area (Å²) >= 11 is 0. The predicted octanol–water partition coefficient (Wildman–Crippen LogP) is 9.35. The topological polar surface area (TPSA) is 29.3 Å². The van der Waals surface area contributed by atoms with E-state index in [4.69, 9.17) is 5.73 Å². The Morgan fingerprint density at radius 3 is 1.55 bits per heavy atom. The van der Waals surface area contributed by atoms with Crippen LogP contribution >= 0.6 is 0 Å². The summed E-state index contributed by atoms with van der Waals surface area (Å²) in [5.74, 6) is 0. The summed E-state index contributed by atoms with van der Waals surface area (Å²) in [4.78, 5) is 2.40. The van der Waals surface area contributed by atoms with Crippen LogP contribution in [0.1, 0.15) is 49.9 Å². The first-order valence-corrected chi connectivity index (χ1v) is 13.4. The molecule has 5 aromatic rings. The molecular weight excluding hydrogens is 460 g/mol. The maximum atomic E-state index is 6.21. The van der Waals surface area contributed by atoms with Crippen molar-refractivity contribution in [3.63, 3.8) is 0 Å². The Labute approximate surface area is 225 Å². The highest BCUT2D eigenvalue weighted by molar-refractivity contribution is 5.88. The molecule has 2 heteroatoms. The summed E-state index contributed by atoms with van der Waals surface area (Å²) in [7, 11) is 0. The molecule has 2 aliphatic rings. The van der Waals surface area contributed by atoms with E-state index in [2.05, 4.69) is 136 Å². The van der Waals surface area contributed by atoms with E-state index in [1.807, 2.05) is 6.07 Å². The number of anilines is 4. The van der Waals surface area contributed by atoms with Crippen LogP contribution in [0.2, 0.25) is 0 Å². The van der Waals surface area contributed by atoms with Gasteiger partial charge in [0, 0.05) is 33.6 Å². The summed E-state index contributed by atoms with van der Waals surface area (Å²) < 4.78 is 0. The number of hydrogen-bond acceptors (Lipinski definition) is 2. The minimum atomic E-state index is -0.125. The molecule has 0 spiro atoms. The van der Waals surface area contributed by atoms with Gasteiger partial charge in [0.2, 0.25) is 0 Å². The van der Waals surface area contributed by atoms with Crippen LogP contribution in [0.5, 0.6) is 0 Å². The van der Waals surface area contributed by atoms with Gasteiger partial charge >= 0.3 is 0 Å². The van der Waals surface area contributed by atoms with Crippen LogP contribution in [0.25, 0.3) is 22.3 Å². The Bertz CT molecular complexity index is 1730. The summed E-state index contributed by atoms with van der Waals surface area (Å²) in [5, 5.41) is 0. The van der Waals surface area contributed by atoms with Crippen LogP contribution in [-0.4, -0.2) is 0 Å². The van der Waals surface area contributed by atoms with E-state index in [9.17, 15) is 0 Å². The van der Waals surface area contributed by atoms with Gasteiger partial charge in [-0.05, 0) is 93.0 Å². The largest absolute Gasteiger partial charge is 0.399 e. The number of hydrogen-bond donors (Lipinski definition) is 1. The lowest BCUT2D eigenvalue weighted by molar-refractivity contribution is 0.660. The van der Waals surface area contributed by atoms with E-state index >= 15 is 0 Å². The molecule has 7 rings (SSSR count). The van der Waals surface area contributed by atoms with Gasteiger partial charge in [-0.3, -0.25) is 0 Å². The summed E-state index contributed by atoms with van der Waals surface area (Å²) in [6.45, 7) is 9.30. The van der Waals surface area contributed by atoms with Gasteiger partial charge < -0.3 is 10.6 Å². The summed E-state index contributed by atoms with van der Waals surface area (Å²) in [6, 6.07) is 39.8. The van der Waals surface area contributed by atoms with Gasteiger partial charge in [-0.2, -0.15) is 0 Å². The number of fused-ring (bicyclic) bond motifs is 6. The number of rotatable bonds is 3.